The van der Waals surface area contributed by atoms with Crippen LogP contribution in [0, 0.1) is 27.7 Å². The molecule has 4 rings (SSSR count). The van der Waals surface area contributed by atoms with Crippen molar-refractivity contribution in [2.75, 3.05) is 5.32 Å². The summed E-state index contributed by atoms with van der Waals surface area (Å²) in [6.45, 7) is 8.24. The van der Waals surface area contributed by atoms with Gasteiger partial charge >= 0.3 is 0 Å². The first-order chi connectivity index (χ1) is 12.9. The molecule has 0 atom stereocenters. The lowest BCUT2D eigenvalue weighted by Gasteiger charge is -2.13. The monoisotopic (exact) mass is 377 g/mol. The van der Waals surface area contributed by atoms with E-state index >= 15 is 0 Å². The first kappa shape index (κ1) is 17.9. The van der Waals surface area contributed by atoms with Crippen molar-refractivity contribution in [3.63, 3.8) is 0 Å². The van der Waals surface area contributed by atoms with Gasteiger partial charge in [0.2, 0.25) is 0 Å². The van der Waals surface area contributed by atoms with E-state index in [0.717, 1.165) is 39.8 Å². The maximum absolute atomic E-state index is 12.9. The molecule has 1 amide bonds. The lowest BCUT2D eigenvalue weighted by molar-refractivity contribution is 0.102. The number of fused-ring (bicyclic) bond motifs is 1. The fourth-order valence-electron chi connectivity index (χ4n) is 3.46. The quantitative estimate of drug-likeness (QED) is 0.690. The zero-order valence-corrected chi connectivity index (χ0v) is 16.9. The number of hydrogen-bond acceptors (Lipinski definition) is 3. The number of amides is 1. The molecule has 0 bridgehead atoms. The van der Waals surface area contributed by atoms with Crippen molar-refractivity contribution in [2.24, 2.45) is 0 Å². The molecule has 5 heteroatoms. The second-order valence-corrected chi connectivity index (χ2v) is 8.26. The van der Waals surface area contributed by atoms with Gasteiger partial charge in [0.1, 0.15) is 5.82 Å². The van der Waals surface area contributed by atoms with E-state index in [4.69, 9.17) is 5.10 Å². The predicted molar refractivity (Wildman–Crippen MR) is 112 cm³/mol. The predicted octanol–water partition coefficient (Wildman–Crippen LogP) is 5.11. The molecule has 138 valence electrons. The van der Waals surface area contributed by atoms with E-state index in [2.05, 4.69) is 44.3 Å². The Morgan fingerprint density at radius 2 is 1.74 bits per heavy atom. The highest BCUT2D eigenvalue weighted by Crippen LogP contribution is 2.36. The zero-order chi connectivity index (χ0) is 19.1. The third-order valence-corrected chi connectivity index (χ3v) is 5.97. The number of carbonyl (C=O) groups is 1. The summed E-state index contributed by atoms with van der Waals surface area (Å²) in [5, 5.41) is 7.94. The van der Waals surface area contributed by atoms with E-state index < -0.39 is 0 Å². The average molecular weight is 378 g/mol. The lowest BCUT2D eigenvalue weighted by atomic mass is 10.1. The number of aryl methyl sites for hydroxylation is 4. The number of benzene rings is 2. The molecular weight excluding hydrogens is 354 g/mol. The second kappa shape index (κ2) is 6.89. The highest BCUT2D eigenvalue weighted by Gasteiger charge is 2.25. The first-order valence-corrected chi connectivity index (χ1v) is 10.2. The van der Waals surface area contributed by atoms with Crippen LogP contribution in [0.1, 0.15) is 43.9 Å². The van der Waals surface area contributed by atoms with Crippen LogP contribution in [0.25, 0.3) is 5.69 Å². The van der Waals surface area contributed by atoms with E-state index in [1.165, 1.54) is 16.7 Å². The number of carbonyl (C=O) groups excluding carboxylic acids is 1. The van der Waals surface area contributed by atoms with Crippen molar-refractivity contribution in [2.45, 2.75) is 39.2 Å². The van der Waals surface area contributed by atoms with Gasteiger partial charge in [-0.2, -0.15) is 16.9 Å². The van der Waals surface area contributed by atoms with Crippen molar-refractivity contribution in [1.29, 1.82) is 0 Å². The fraction of sp³-hybridized carbons (Fsp3) is 0.273. The van der Waals surface area contributed by atoms with Gasteiger partial charge in [0.05, 0.1) is 11.4 Å². The van der Waals surface area contributed by atoms with E-state index in [-0.39, 0.29) is 5.91 Å². The molecule has 27 heavy (non-hydrogen) atoms. The Kier molecular flexibility index (Phi) is 4.56. The number of nitrogens with one attached hydrogen (secondary N) is 1. The summed E-state index contributed by atoms with van der Waals surface area (Å²) < 4.78 is 1.89. The Bertz CT molecular complexity index is 1030. The summed E-state index contributed by atoms with van der Waals surface area (Å²) in [6.07, 6.45) is 0. The van der Waals surface area contributed by atoms with Crippen molar-refractivity contribution in [3.05, 3.63) is 75.5 Å². The summed E-state index contributed by atoms with van der Waals surface area (Å²) in [5.41, 5.74) is 8.53. The van der Waals surface area contributed by atoms with Gasteiger partial charge in [0.25, 0.3) is 5.91 Å². The molecule has 1 N–H and O–H groups in total. The third-order valence-electron chi connectivity index (χ3n) is 5.00. The third kappa shape index (κ3) is 3.39. The SMILES string of the molecule is Cc1cc(C)cc(-n2nc3c(c2NC(=O)c2ccc(C)c(C)c2)CSC3)c1. The van der Waals surface area contributed by atoms with Gasteiger partial charge in [0.15, 0.2) is 0 Å². The van der Waals surface area contributed by atoms with Crippen LogP contribution in [-0.2, 0) is 11.5 Å². The fourth-order valence-corrected chi connectivity index (χ4v) is 4.50. The molecule has 0 radical (unpaired) electrons. The van der Waals surface area contributed by atoms with Crippen molar-refractivity contribution in [3.8, 4) is 5.69 Å². The van der Waals surface area contributed by atoms with Gasteiger partial charge in [-0.25, -0.2) is 4.68 Å². The lowest BCUT2D eigenvalue weighted by Crippen LogP contribution is -2.16. The highest BCUT2D eigenvalue weighted by atomic mass is 32.2. The molecule has 1 aliphatic rings. The molecule has 2 aromatic carbocycles. The molecule has 0 spiro atoms. The average Bonchev–Trinajstić information content (AvgIpc) is 3.19. The standard InChI is InChI=1S/C22H23N3OS/c1-13-7-14(2)9-18(8-13)25-21(19-11-27-12-20(19)24-25)23-22(26)17-6-5-15(3)16(4)10-17/h5-10H,11-12H2,1-4H3,(H,23,26). The molecule has 3 aromatic rings. The molecular formula is C22H23N3OS. The van der Waals surface area contributed by atoms with Gasteiger partial charge in [0, 0.05) is 22.6 Å². The highest BCUT2D eigenvalue weighted by molar-refractivity contribution is 7.98. The zero-order valence-electron chi connectivity index (χ0n) is 16.1. The summed E-state index contributed by atoms with van der Waals surface area (Å²) in [6, 6.07) is 12.2. The minimum absolute atomic E-state index is 0.0941. The minimum atomic E-state index is -0.0941. The maximum atomic E-state index is 12.9. The minimum Gasteiger partial charge on any atom is -0.306 e. The number of hydrogen-bond donors (Lipinski definition) is 1. The Hall–Kier alpha value is -2.53. The molecule has 0 saturated carbocycles. The van der Waals surface area contributed by atoms with Crippen molar-refractivity contribution in [1.82, 2.24) is 9.78 Å². The van der Waals surface area contributed by atoms with E-state index in [9.17, 15) is 4.79 Å². The normalized spacial score (nSPS) is 12.9. The van der Waals surface area contributed by atoms with Crippen molar-refractivity contribution >= 4 is 23.5 Å². The van der Waals surface area contributed by atoms with Gasteiger partial charge < -0.3 is 5.32 Å². The van der Waals surface area contributed by atoms with Crippen LogP contribution in [0.4, 0.5) is 5.82 Å². The van der Waals surface area contributed by atoms with Crippen LogP contribution in [0.3, 0.4) is 0 Å². The molecule has 2 heterocycles. The van der Waals surface area contributed by atoms with E-state index in [1.807, 2.05) is 41.6 Å². The Balaban J connectivity index is 1.75. The number of thioether (sulfide) groups is 1. The van der Waals surface area contributed by atoms with Gasteiger partial charge in [-0.3, -0.25) is 4.79 Å². The van der Waals surface area contributed by atoms with Crippen LogP contribution < -0.4 is 5.32 Å². The number of anilines is 1. The van der Waals surface area contributed by atoms with E-state index in [0.29, 0.717) is 5.56 Å². The molecule has 0 unspecified atom stereocenters. The van der Waals surface area contributed by atoms with Crippen LogP contribution in [0.2, 0.25) is 0 Å². The molecule has 1 aromatic heterocycles. The van der Waals surface area contributed by atoms with Gasteiger partial charge in [-0.15, -0.1) is 0 Å². The Morgan fingerprint density at radius 3 is 2.44 bits per heavy atom. The van der Waals surface area contributed by atoms with Gasteiger partial charge in [-0.1, -0.05) is 12.1 Å². The second-order valence-electron chi connectivity index (χ2n) is 7.28. The largest absolute Gasteiger partial charge is 0.306 e. The van der Waals surface area contributed by atoms with E-state index in [1.54, 1.807) is 0 Å². The van der Waals surface area contributed by atoms with Crippen LogP contribution in [0.15, 0.2) is 36.4 Å². The van der Waals surface area contributed by atoms with Crippen LogP contribution in [0.5, 0.6) is 0 Å². The first-order valence-electron chi connectivity index (χ1n) is 9.08. The maximum Gasteiger partial charge on any atom is 0.256 e. The van der Waals surface area contributed by atoms with Crippen molar-refractivity contribution < 1.29 is 4.79 Å². The topological polar surface area (TPSA) is 46.9 Å². The summed E-state index contributed by atoms with van der Waals surface area (Å²) in [4.78, 5) is 12.9. The summed E-state index contributed by atoms with van der Waals surface area (Å²) >= 11 is 1.83. The Morgan fingerprint density at radius 1 is 1.00 bits per heavy atom. The number of aromatic nitrogens is 2. The van der Waals surface area contributed by atoms with Gasteiger partial charge in [-0.05, 0) is 74.2 Å². The molecule has 0 saturated heterocycles. The molecule has 4 nitrogen and oxygen atoms in total. The summed E-state index contributed by atoms with van der Waals surface area (Å²) in [7, 11) is 0. The van der Waals surface area contributed by atoms with Crippen LogP contribution in [-0.4, -0.2) is 15.7 Å². The van der Waals surface area contributed by atoms with Crippen LogP contribution >= 0.6 is 11.8 Å². The summed E-state index contributed by atoms with van der Waals surface area (Å²) in [5.74, 6) is 2.47. The number of rotatable bonds is 3. The smallest absolute Gasteiger partial charge is 0.256 e. The number of nitrogens with zero attached hydrogens (tertiary/aromatic N) is 2. The molecule has 0 aliphatic carbocycles. The molecule has 1 aliphatic heterocycles. The molecule has 0 fully saturated rings. The Labute approximate surface area is 164 Å².